The maximum absolute atomic E-state index is 12.2. The van der Waals surface area contributed by atoms with E-state index >= 15 is 0 Å². The Balaban J connectivity index is 2.03. The van der Waals surface area contributed by atoms with E-state index in [1.807, 2.05) is 0 Å². The molecule has 3 nitrogen and oxygen atoms in total. The van der Waals surface area contributed by atoms with Crippen LogP contribution in [0.5, 0.6) is 0 Å². The van der Waals surface area contributed by atoms with Crippen molar-refractivity contribution in [1.29, 1.82) is 0 Å². The number of aromatic nitrogens is 2. The molecule has 0 atom stereocenters. The van der Waals surface area contributed by atoms with E-state index in [1.54, 1.807) is 0 Å². The third kappa shape index (κ3) is 4.73. The van der Waals surface area contributed by atoms with E-state index in [1.165, 1.54) is 5.69 Å². The molecular weight excluding hydrogens is 279 g/mol. The van der Waals surface area contributed by atoms with Crippen LogP contribution in [0.4, 0.5) is 13.2 Å². The topological polar surface area (TPSA) is 29.9 Å². The Kier molecular flexibility index (Phi) is 5.30. The van der Waals surface area contributed by atoms with E-state index in [4.69, 9.17) is 4.98 Å². The van der Waals surface area contributed by atoms with Crippen LogP contribution in [-0.2, 0) is 25.9 Å². The van der Waals surface area contributed by atoms with Gasteiger partial charge in [-0.15, -0.1) is 0 Å². The molecule has 1 aromatic heterocycles. The molecule has 0 aromatic carbocycles. The van der Waals surface area contributed by atoms with Gasteiger partial charge in [0.05, 0.1) is 5.69 Å². The number of alkyl halides is 3. The summed E-state index contributed by atoms with van der Waals surface area (Å²) in [6.45, 7) is 6.62. The Morgan fingerprint density at radius 2 is 2.05 bits per heavy atom. The first-order valence-corrected chi connectivity index (χ1v) is 7.71. The van der Waals surface area contributed by atoms with Crippen LogP contribution < -0.4 is 5.32 Å². The molecule has 0 saturated heterocycles. The first-order valence-electron chi connectivity index (χ1n) is 7.71. The summed E-state index contributed by atoms with van der Waals surface area (Å²) >= 11 is 0. The molecule has 1 aliphatic rings. The summed E-state index contributed by atoms with van der Waals surface area (Å²) in [7, 11) is 0. The maximum atomic E-state index is 12.2. The Labute approximate surface area is 123 Å². The zero-order chi connectivity index (χ0) is 15.5. The second kappa shape index (κ2) is 6.81. The highest BCUT2D eigenvalue weighted by Gasteiger charge is 2.26. The lowest BCUT2D eigenvalue weighted by Gasteiger charge is -2.17. The molecule has 1 aliphatic heterocycles. The Hall–Kier alpha value is -1.04. The molecule has 0 unspecified atom stereocenters. The maximum Gasteiger partial charge on any atom is 0.389 e. The zero-order valence-corrected chi connectivity index (χ0v) is 12.8. The average Bonchev–Trinajstić information content (AvgIpc) is 2.70. The minimum atomic E-state index is -4.04. The fraction of sp³-hybridized carbons (Fsp3) is 0.800. The summed E-state index contributed by atoms with van der Waals surface area (Å²) in [5.74, 6) is 1.53. The third-order valence-electron chi connectivity index (χ3n) is 3.75. The summed E-state index contributed by atoms with van der Waals surface area (Å²) in [5, 5.41) is 3.30. The molecular formula is C15H24F3N3. The molecule has 0 amide bonds. The minimum Gasteiger partial charge on any atom is -0.332 e. The normalized spacial score (nSPS) is 15.5. The van der Waals surface area contributed by atoms with Gasteiger partial charge in [0.15, 0.2) is 0 Å². The van der Waals surface area contributed by atoms with Gasteiger partial charge >= 0.3 is 6.18 Å². The Bertz CT molecular complexity index is 463. The van der Waals surface area contributed by atoms with Crippen molar-refractivity contribution in [1.82, 2.24) is 14.9 Å². The van der Waals surface area contributed by atoms with Crippen LogP contribution in [0.2, 0.25) is 0 Å². The van der Waals surface area contributed by atoms with E-state index in [-0.39, 0.29) is 6.42 Å². The number of nitrogens with zero attached hydrogens (tertiary/aromatic N) is 2. The van der Waals surface area contributed by atoms with Crippen LogP contribution in [0.1, 0.15) is 50.3 Å². The number of halogens is 3. The van der Waals surface area contributed by atoms with E-state index in [0.29, 0.717) is 18.9 Å². The first kappa shape index (κ1) is 16.3. The molecule has 0 radical (unpaired) electrons. The summed E-state index contributed by atoms with van der Waals surface area (Å²) in [5.41, 5.74) is 2.30. The van der Waals surface area contributed by atoms with Crippen molar-refractivity contribution in [2.24, 2.45) is 5.92 Å². The van der Waals surface area contributed by atoms with Crippen molar-refractivity contribution >= 4 is 0 Å². The number of fused-ring (bicyclic) bond motifs is 1. The lowest BCUT2D eigenvalue weighted by atomic mass is 10.1. The SMILES string of the molecule is CC(C)Cc1nc2c(n1CCCCC(F)(F)F)CCNC2. The minimum absolute atomic E-state index is 0.190. The van der Waals surface area contributed by atoms with Crippen LogP contribution >= 0.6 is 0 Å². The van der Waals surface area contributed by atoms with Crippen molar-refractivity contribution in [2.75, 3.05) is 6.54 Å². The summed E-state index contributed by atoms with van der Waals surface area (Å²) in [6.07, 6.45) is -2.19. The predicted octanol–water partition coefficient (Wildman–Crippen LogP) is 3.46. The Morgan fingerprint density at radius 1 is 1.29 bits per heavy atom. The number of hydrogen-bond acceptors (Lipinski definition) is 2. The van der Waals surface area contributed by atoms with Crippen LogP contribution in [0.25, 0.3) is 0 Å². The Morgan fingerprint density at radius 3 is 2.71 bits per heavy atom. The number of rotatable bonds is 6. The average molecular weight is 303 g/mol. The van der Waals surface area contributed by atoms with E-state index in [9.17, 15) is 13.2 Å². The van der Waals surface area contributed by atoms with Gasteiger partial charge in [-0.2, -0.15) is 13.2 Å². The van der Waals surface area contributed by atoms with Gasteiger partial charge in [0.2, 0.25) is 0 Å². The molecule has 2 heterocycles. The van der Waals surface area contributed by atoms with Crippen molar-refractivity contribution in [3.05, 3.63) is 17.2 Å². The van der Waals surface area contributed by atoms with Gasteiger partial charge in [-0.1, -0.05) is 13.8 Å². The van der Waals surface area contributed by atoms with Crippen molar-refractivity contribution < 1.29 is 13.2 Å². The van der Waals surface area contributed by atoms with Crippen LogP contribution in [-0.4, -0.2) is 22.3 Å². The quantitative estimate of drug-likeness (QED) is 0.816. The fourth-order valence-electron chi connectivity index (χ4n) is 2.81. The molecule has 1 N–H and O–H groups in total. The van der Waals surface area contributed by atoms with Crippen molar-refractivity contribution in [3.63, 3.8) is 0 Å². The molecule has 0 spiro atoms. The molecule has 0 bridgehead atoms. The highest BCUT2D eigenvalue weighted by atomic mass is 19.4. The molecule has 0 fully saturated rings. The van der Waals surface area contributed by atoms with Gasteiger partial charge in [-0.05, 0) is 18.8 Å². The monoisotopic (exact) mass is 303 g/mol. The number of unbranched alkanes of at least 4 members (excludes halogenated alkanes) is 1. The van der Waals surface area contributed by atoms with E-state index in [0.717, 1.165) is 37.4 Å². The highest BCUT2D eigenvalue weighted by Crippen LogP contribution is 2.24. The lowest BCUT2D eigenvalue weighted by Crippen LogP contribution is -2.25. The van der Waals surface area contributed by atoms with Gasteiger partial charge in [0, 0.05) is 44.6 Å². The second-order valence-electron chi connectivity index (χ2n) is 6.17. The largest absolute Gasteiger partial charge is 0.389 e. The highest BCUT2D eigenvalue weighted by molar-refractivity contribution is 5.20. The van der Waals surface area contributed by atoms with Gasteiger partial charge in [-0.3, -0.25) is 0 Å². The molecule has 1 aromatic rings. The second-order valence-corrected chi connectivity index (χ2v) is 6.17. The fourth-order valence-corrected chi connectivity index (χ4v) is 2.81. The lowest BCUT2D eigenvalue weighted by molar-refractivity contribution is -0.135. The smallest absolute Gasteiger partial charge is 0.332 e. The third-order valence-corrected chi connectivity index (χ3v) is 3.75. The van der Waals surface area contributed by atoms with Crippen molar-refractivity contribution in [2.45, 2.75) is 65.2 Å². The standard InChI is InChI=1S/C15H24F3N3/c1-11(2)9-14-20-12-10-19-7-5-13(12)21(14)8-4-3-6-15(16,17)18/h11,19H,3-10H2,1-2H3. The molecule has 120 valence electrons. The zero-order valence-electron chi connectivity index (χ0n) is 12.8. The number of nitrogens with one attached hydrogen (secondary N) is 1. The van der Waals surface area contributed by atoms with Crippen molar-refractivity contribution in [3.8, 4) is 0 Å². The van der Waals surface area contributed by atoms with Crippen LogP contribution in [0.3, 0.4) is 0 Å². The molecule has 21 heavy (non-hydrogen) atoms. The molecule has 0 aliphatic carbocycles. The molecule has 6 heteroatoms. The summed E-state index contributed by atoms with van der Waals surface area (Å²) in [4.78, 5) is 4.70. The summed E-state index contributed by atoms with van der Waals surface area (Å²) in [6, 6.07) is 0. The van der Waals surface area contributed by atoms with Crippen LogP contribution in [0.15, 0.2) is 0 Å². The van der Waals surface area contributed by atoms with Gasteiger partial charge in [0.1, 0.15) is 5.82 Å². The van der Waals surface area contributed by atoms with Crippen LogP contribution in [0, 0.1) is 5.92 Å². The molecule has 0 saturated carbocycles. The van der Waals surface area contributed by atoms with E-state index < -0.39 is 12.6 Å². The number of hydrogen-bond donors (Lipinski definition) is 1. The summed E-state index contributed by atoms with van der Waals surface area (Å²) < 4.78 is 38.8. The van der Waals surface area contributed by atoms with E-state index in [2.05, 4.69) is 23.7 Å². The van der Waals surface area contributed by atoms with Gasteiger partial charge in [-0.25, -0.2) is 4.98 Å². The first-order chi connectivity index (χ1) is 9.87. The van der Waals surface area contributed by atoms with Gasteiger partial charge < -0.3 is 9.88 Å². The number of imidazole rings is 1. The van der Waals surface area contributed by atoms with Gasteiger partial charge in [0.25, 0.3) is 0 Å². The molecule has 2 rings (SSSR count). The predicted molar refractivity (Wildman–Crippen MR) is 76.1 cm³/mol.